The number of rotatable bonds is 3. The van der Waals surface area contributed by atoms with Crippen molar-refractivity contribution in [2.24, 2.45) is 5.84 Å². The molecule has 0 aliphatic carbocycles. The van der Waals surface area contributed by atoms with Gasteiger partial charge in [-0.15, -0.1) is 0 Å². The second-order valence-electron chi connectivity index (χ2n) is 2.40. The number of nitrogens with one attached hydrogen (secondary N) is 1. The minimum absolute atomic E-state index is 0.506. The molecule has 1 rings (SSSR count). The molecule has 0 aliphatic rings. The minimum atomic E-state index is 0.506. The Kier molecular flexibility index (Phi) is 3.12. The molecule has 68 valence electrons. The van der Waals surface area contributed by atoms with Gasteiger partial charge in [-0.2, -0.15) is 5.26 Å². The van der Waals surface area contributed by atoms with Gasteiger partial charge in [-0.1, -0.05) is 0 Å². The molecule has 0 radical (unpaired) electrons. The number of benzene rings is 1. The van der Waals surface area contributed by atoms with Gasteiger partial charge in [0.05, 0.1) is 17.9 Å². The van der Waals surface area contributed by atoms with Crippen LogP contribution in [0.4, 0.5) is 5.69 Å². The van der Waals surface area contributed by atoms with Gasteiger partial charge in [0.1, 0.15) is 11.8 Å². The van der Waals surface area contributed by atoms with Crippen LogP contribution >= 0.6 is 0 Å². The van der Waals surface area contributed by atoms with E-state index in [9.17, 15) is 0 Å². The minimum Gasteiger partial charge on any atom is -0.494 e. The molecule has 0 aromatic heterocycles. The fraction of sp³-hybridized carbons (Fsp3) is 0.222. The van der Waals surface area contributed by atoms with E-state index in [-0.39, 0.29) is 0 Å². The molecular formula is C9H11N3O. The molecule has 0 spiro atoms. The molecule has 1 aromatic rings. The smallest absolute Gasteiger partial charge is 0.121 e. The van der Waals surface area contributed by atoms with Crippen LogP contribution in [0.1, 0.15) is 12.5 Å². The predicted molar refractivity (Wildman–Crippen MR) is 50.1 cm³/mol. The van der Waals surface area contributed by atoms with Crippen molar-refractivity contribution < 1.29 is 4.74 Å². The fourth-order valence-electron chi connectivity index (χ4n) is 0.997. The fourth-order valence-corrected chi connectivity index (χ4v) is 0.997. The van der Waals surface area contributed by atoms with Gasteiger partial charge in [-0.25, -0.2) is 0 Å². The van der Waals surface area contributed by atoms with Crippen LogP contribution in [0.2, 0.25) is 0 Å². The van der Waals surface area contributed by atoms with E-state index in [2.05, 4.69) is 5.43 Å². The standard InChI is InChI=1S/C9H11N3O/c1-2-13-8-4-3-7(6-10)9(5-8)12-11/h3-5,12H,2,11H2,1H3. The number of nitriles is 1. The lowest BCUT2D eigenvalue weighted by Gasteiger charge is -2.06. The summed E-state index contributed by atoms with van der Waals surface area (Å²) in [6.45, 7) is 2.49. The van der Waals surface area contributed by atoms with Gasteiger partial charge in [0, 0.05) is 6.07 Å². The van der Waals surface area contributed by atoms with Crippen LogP contribution in [0.3, 0.4) is 0 Å². The largest absolute Gasteiger partial charge is 0.494 e. The van der Waals surface area contributed by atoms with Crippen molar-refractivity contribution >= 4 is 5.69 Å². The summed E-state index contributed by atoms with van der Waals surface area (Å²) >= 11 is 0. The number of ether oxygens (including phenoxy) is 1. The summed E-state index contributed by atoms with van der Waals surface area (Å²) in [4.78, 5) is 0. The van der Waals surface area contributed by atoms with Crippen LogP contribution in [0.25, 0.3) is 0 Å². The van der Waals surface area contributed by atoms with E-state index in [1.165, 1.54) is 0 Å². The molecule has 4 nitrogen and oxygen atoms in total. The Morgan fingerprint density at radius 1 is 1.62 bits per heavy atom. The molecule has 13 heavy (non-hydrogen) atoms. The molecule has 0 atom stereocenters. The molecule has 0 amide bonds. The zero-order chi connectivity index (χ0) is 9.68. The molecule has 0 aliphatic heterocycles. The third kappa shape index (κ3) is 2.10. The van der Waals surface area contributed by atoms with Crippen LogP contribution in [-0.2, 0) is 0 Å². The molecule has 4 heteroatoms. The maximum Gasteiger partial charge on any atom is 0.121 e. The van der Waals surface area contributed by atoms with Gasteiger partial charge in [0.2, 0.25) is 0 Å². The van der Waals surface area contributed by atoms with Gasteiger partial charge in [0.25, 0.3) is 0 Å². The molecular weight excluding hydrogens is 166 g/mol. The Balaban J connectivity index is 3.00. The molecule has 0 saturated carbocycles. The highest BCUT2D eigenvalue weighted by Crippen LogP contribution is 2.20. The summed E-state index contributed by atoms with van der Waals surface area (Å²) in [7, 11) is 0. The lowest BCUT2D eigenvalue weighted by atomic mass is 10.2. The van der Waals surface area contributed by atoms with Gasteiger partial charge in [-0.05, 0) is 19.1 Å². The SMILES string of the molecule is CCOc1ccc(C#N)c(NN)c1. The number of nitrogens with two attached hydrogens (primary N) is 1. The summed E-state index contributed by atoms with van der Waals surface area (Å²) in [5.41, 5.74) is 3.53. The van der Waals surface area contributed by atoms with E-state index in [1.54, 1.807) is 18.2 Å². The third-order valence-electron chi connectivity index (χ3n) is 1.58. The van der Waals surface area contributed by atoms with E-state index in [0.717, 1.165) is 0 Å². The number of hydrazine groups is 1. The van der Waals surface area contributed by atoms with Gasteiger partial charge >= 0.3 is 0 Å². The Bertz CT molecular complexity index is 330. The first-order chi connectivity index (χ1) is 6.31. The van der Waals surface area contributed by atoms with E-state index in [0.29, 0.717) is 23.6 Å². The van der Waals surface area contributed by atoms with E-state index in [4.69, 9.17) is 15.8 Å². The van der Waals surface area contributed by atoms with Gasteiger partial charge in [-0.3, -0.25) is 5.84 Å². The highest BCUT2D eigenvalue weighted by atomic mass is 16.5. The lowest BCUT2D eigenvalue weighted by molar-refractivity contribution is 0.340. The lowest BCUT2D eigenvalue weighted by Crippen LogP contribution is -2.08. The maximum absolute atomic E-state index is 8.68. The summed E-state index contributed by atoms with van der Waals surface area (Å²) in [6, 6.07) is 7.12. The topological polar surface area (TPSA) is 71.1 Å². The first-order valence-corrected chi connectivity index (χ1v) is 3.95. The van der Waals surface area contributed by atoms with E-state index in [1.807, 2.05) is 13.0 Å². The van der Waals surface area contributed by atoms with Crippen LogP contribution < -0.4 is 16.0 Å². The number of anilines is 1. The van der Waals surface area contributed by atoms with Crippen LogP contribution in [-0.4, -0.2) is 6.61 Å². The summed E-state index contributed by atoms with van der Waals surface area (Å²) in [6.07, 6.45) is 0. The summed E-state index contributed by atoms with van der Waals surface area (Å²) in [5, 5.41) is 8.68. The van der Waals surface area contributed by atoms with E-state index < -0.39 is 0 Å². The Hall–Kier alpha value is -1.73. The summed E-state index contributed by atoms with van der Waals surface area (Å²) < 4.78 is 5.24. The first-order valence-electron chi connectivity index (χ1n) is 3.95. The van der Waals surface area contributed by atoms with Crippen molar-refractivity contribution in [3.05, 3.63) is 23.8 Å². The summed E-state index contributed by atoms with van der Waals surface area (Å²) in [5.74, 6) is 5.94. The molecule has 0 unspecified atom stereocenters. The Morgan fingerprint density at radius 3 is 2.92 bits per heavy atom. The number of hydrogen-bond acceptors (Lipinski definition) is 4. The van der Waals surface area contributed by atoms with Gasteiger partial charge < -0.3 is 10.2 Å². The maximum atomic E-state index is 8.68. The van der Waals surface area contributed by atoms with E-state index >= 15 is 0 Å². The average Bonchev–Trinajstić information content (AvgIpc) is 2.18. The second kappa shape index (κ2) is 4.33. The quantitative estimate of drug-likeness (QED) is 0.538. The Labute approximate surface area is 76.9 Å². The molecule has 0 bridgehead atoms. The van der Waals surface area contributed by atoms with Crippen molar-refractivity contribution in [3.8, 4) is 11.8 Å². The van der Waals surface area contributed by atoms with Crippen LogP contribution in [0, 0.1) is 11.3 Å². The van der Waals surface area contributed by atoms with Crippen LogP contribution in [0.15, 0.2) is 18.2 Å². The molecule has 0 saturated heterocycles. The highest BCUT2D eigenvalue weighted by Gasteiger charge is 2.01. The monoisotopic (exact) mass is 177 g/mol. The van der Waals surface area contributed by atoms with Crippen molar-refractivity contribution in [1.82, 2.24) is 0 Å². The predicted octanol–water partition coefficient (Wildman–Crippen LogP) is 1.24. The van der Waals surface area contributed by atoms with Crippen LogP contribution in [0.5, 0.6) is 5.75 Å². The highest BCUT2D eigenvalue weighted by molar-refractivity contribution is 5.59. The van der Waals surface area contributed by atoms with Gasteiger partial charge in [0.15, 0.2) is 0 Å². The Morgan fingerprint density at radius 2 is 2.38 bits per heavy atom. The zero-order valence-corrected chi connectivity index (χ0v) is 7.37. The average molecular weight is 177 g/mol. The van der Waals surface area contributed by atoms with Crippen molar-refractivity contribution in [2.45, 2.75) is 6.92 Å². The number of hydrogen-bond donors (Lipinski definition) is 2. The molecule has 3 N–H and O–H groups in total. The number of nitrogens with zero attached hydrogens (tertiary/aromatic N) is 1. The third-order valence-corrected chi connectivity index (χ3v) is 1.58. The van der Waals surface area contributed by atoms with Crippen molar-refractivity contribution in [2.75, 3.05) is 12.0 Å². The van der Waals surface area contributed by atoms with Crippen molar-refractivity contribution in [1.29, 1.82) is 5.26 Å². The molecule has 1 aromatic carbocycles. The van der Waals surface area contributed by atoms with Crippen molar-refractivity contribution in [3.63, 3.8) is 0 Å². The molecule has 0 fully saturated rings. The first kappa shape index (κ1) is 9.36. The number of nitrogen functional groups attached to an aromatic ring is 1. The second-order valence-corrected chi connectivity index (χ2v) is 2.40. The normalized spacial score (nSPS) is 9.00. The molecule has 0 heterocycles. The zero-order valence-electron chi connectivity index (χ0n) is 7.37.